The number of anilines is 1. The number of carbonyl (C=O) groups excluding carboxylic acids is 4. The monoisotopic (exact) mass is 521 g/mol. The highest BCUT2D eigenvalue weighted by molar-refractivity contribution is 6.05. The molecule has 1 saturated heterocycles. The average Bonchev–Trinajstić information content (AvgIpc) is 3.23. The van der Waals surface area contributed by atoms with Crippen LogP contribution in [0.4, 0.5) is 10.5 Å². The summed E-state index contributed by atoms with van der Waals surface area (Å²) in [5.74, 6) is -1.05. The highest BCUT2D eigenvalue weighted by atomic mass is 16.2. The van der Waals surface area contributed by atoms with Crippen LogP contribution in [0.5, 0.6) is 0 Å². The Morgan fingerprint density at radius 3 is 2.31 bits per heavy atom. The number of rotatable bonds is 5. The van der Waals surface area contributed by atoms with Gasteiger partial charge in [0.2, 0.25) is 11.8 Å². The molecule has 2 aliphatic rings. The standard InChI is InChI=1S/C30H27N5O4/c1-30(2,22-9-7-20(8-10-22)19-5-3-18(16-31)4-6-19)34-29(39)32-23-11-12-24-21(15-23)17-35(28(24)38)25-13-14-26(36)33-27(25)37/h3-12,15,25H,13-14,17H2,1-2H3,(H2,32,34,39)(H,33,36,37). The van der Waals surface area contributed by atoms with Crippen molar-refractivity contribution in [3.63, 3.8) is 0 Å². The molecule has 2 aliphatic heterocycles. The molecule has 0 spiro atoms. The van der Waals surface area contributed by atoms with Crippen molar-refractivity contribution in [1.82, 2.24) is 15.5 Å². The summed E-state index contributed by atoms with van der Waals surface area (Å²) < 4.78 is 0. The van der Waals surface area contributed by atoms with Gasteiger partial charge in [0.15, 0.2) is 0 Å². The molecule has 3 aromatic rings. The Morgan fingerprint density at radius 2 is 1.67 bits per heavy atom. The van der Waals surface area contributed by atoms with Crippen molar-refractivity contribution in [2.75, 3.05) is 5.32 Å². The zero-order chi connectivity index (χ0) is 27.7. The highest BCUT2D eigenvalue weighted by Gasteiger charge is 2.39. The van der Waals surface area contributed by atoms with Gasteiger partial charge in [0, 0.05) is 24.2 Å². The third kappa shape index (κ3) is 5.22. The summed E-state index contributed by atoms with van der Waals surface area (Å²) in [4.78, 5) is 51.0. The van der Waals surface area contributed by atoms with Crippen LogP contribution >= 0.6 is 0 Å². The lowest BCUT2D eigenvalue weighted by Crippen LogP contribution is -2.52. The summed E-state index contributed by atoms with van der Waals surface area (Å²) in [6.07, 6.45) is 0.485. The van der Waals surface area contributed by atoms with Crippen LogP contribution in [0, 0.1) is 11.3 Å². The molecular weight excluding hydrogens is 494 g/mol. The van der Waals surface area contributed by atoms with Crippen LogP contribution in [0.25, 0.3) is 11.1 Å². The van der Waals surface area contributed by atoms with Gasteiger partial charge in [-0.05, 0) is 72.9 Å². The third-order valence-corrected chi connectivity index (χ3v) is 7.16. The average molecular weight is 522 g/mol. The molecule has 1 atom stereocenters. The maximum absolute atomic E-state index is 12.9. The first-order chi connectivity index (χ1) is 18.6. The van der Waals surface area contributed by atoms with Crippen molar-refractivity contribution in [2.24, 2.45) is 0 Å². The maximum atomic E-state index is 12.9. The lowest BCUT2D eigenvalue weighted by atomic mass is 9.92. The van der Waals surface area contributed by atoms with Crippen LogP contribution in [0.2, 0.25) is 0 Å². The van der Waals surface area contributed by atoms with Crippen LogP contribution in [0.3, 0.4) is 0 Å². The first-order valence-corrected chi connectivity index (χ1v) is 12.6. The van der Waals surface area contributed by atoms with E-state index in [-0.39, 0.29) is 24.8 Å². The fourth-order valence-corrected chi connectivity index (χ4v) is 4.99. The number of piperidine rings is 1. The minimum absolute atomic E-state index is 0.192. The van der Waals surface area contributed by atoms with Crippen molar-refractivity contribution in [1.29, 1.82) is 5.26 Å². The SMILES string of the molecule is CC(C)(NC(=O)Nc1ccc2c(c1)CN(C1CCC(=O)NC1=O)C2=O)c1ccc(-c2ccc(C#N)cc2)cc1. The molecule has 2 heterocycles. The van der Waals surface area contributed by atoms with Crippen molar-refractivity contribution < 1.29 is 19.2 Å². The molecule has 5 rings (SSSR count). The van der Waals surface area contributed by atoms with Gasteiger partial charge in [0.25, 0.3) is 5.91 Å². The number of nitrogens with zero attached hydrogens (tertiary/aromatic N) is 2. The normalized spacial score (nSPS) is 16.8. The summed E-state index contributed by atoms with van der Waals surface area (Å²) in [7, 11) is 0. The lowest BCUT2D eigenvalue weighted by molar-refractivity contribution is -0.136. The molecule has 3 N–H and O–H groups in total. The molecule has 0 aromatic heterocycles. The van der Waals surface area contributed by atoms with Crippen LogP contribution in [-0.4, -0.2) is 34.7 Å². The molecule has 5 amide bonds. The number of nitriles is 1. The molecule has 0 bridgehead atoms. The fourth-order valence-electron chi connectivity index (χ4n) is 4.99. The highest BCUT2D eigenvalue weighted by Crippen LogP contribution is 2.30. The quantitative estimate of drug-likeness (QED) is 0.436. The molecule has 0 saturated carbocycles. The molecule has 0 aliphatic carbocycles. The van der Waals surface area contributed by atoms with E-state index in [1.54, 1.807) is 30.3 Å². The van der Waals surface area contributed by atoms with Gasteiger partial charge in [-0.3, -0.25) is 19.7 Å². The van der Waals surface area contributed by atoms with Crippen LogP contribution in [0.15, 0.2) is 66.7 Å². The minimum Gasteiger partial charge on any atom is -0.329 e. The van der Waals surface area contributed by atoms with E-state index in [1.807, 2.05) is 50.2 Å². The number of urea groups is 1. The Hall–Kier alpha value is -4.97. The summed E-state index contributed by atoms with van der Waals surface area (Å²) in [5, 5.41) is 17.1. The Labute approximate surface area is 225 Å². The Bertz CT molecular complexity index is 1520. The number of imide groups is 1. The second kappa shape index (κ2) is 10.1. The molecule has 9 nitrogen and oxygen atoms in total. The summed E-state index contributed by atoms with van der Waals surface area (Å²) in [5.41, 5.74) is 4.55. The van der Waals surface area contributed by atoms with Crippen molar-refractivity contribution >= 4 is 29.4 Å². The van der Waals surface area contributed by atoms with Crippen LogP contribution in [0.1, 0.15) is 53.7 Å². The molecule has 196 valence electrons. The smallest absolute Gasteiger partial charge is 0.319 e. The predicted molar refractivity (Wildman–Crippen MR) is 144 cm³/mol. The van der Waals surface area contributed by atoms with E-state index in [4.69, 9.17) is 5.26 Å². The van der Waals surface area contributed by atoms with E-state index in [1.165, 1.54) is 4.90 Å². The topological polar surface area (TPSA) is 131 Å². The van der Waals surface area contributed by atoms with Crippen LogP contribution < -0.4 is 16.0 Å². The van der Waals surface area contributed by atoms with Gasteiger partial charge < -0.3 is 15.5 Å². The molecule has 1 fully saturated rings. The van der Waals surface area contributed by atoms with E-state index in [2.05, 4.69) is 22.0 Å². The number of carbonyl (C=O) groups is 4. The van der Waals surface area contributed by atoms with Gasteiger partial charge in [-0.25, -0.2) is 4.79 Å². The third-order valence-electron chi connectivity index (χ3n) is 7.16. The maximum Gasteiger partial charge on any atom is 0.319 e. The lowest BCUT2D eigenvalue weighted by Gasteiger charge is -2.29. The van der Waals surface area contributed by atoms with Crippen molar-refractivity contribution in [2.45, 2.75) is 44.8 Å². The van der Waals surface area contributed by atoms with E-state index < -0.39 is 23.5 Å². The van der Waals surface area contributed by atoms with E-state index in [9.17, 15) is 19.2 Å². The number of amides is 5. The molecule has 9 heteroatoms. The van der Waals surface area contributed by atoms with E-state index in [0.29, 0.717) is 28.8 Å². The Kier molecular flexibility index (Phi) is 6.62. The largest absolute Gasteiger partial charge is 0.329 e. The van der Waals surface area contributed by atoms with Gasteiger partial charge in [0.05, 0.1) is 17.2 Å². The summed E-state index contributed by atoms with van der Waals surface area (Å²) >= 11 is 0. The van der Waals surface area contributed by atoms with E-state index >= 15 is 0 Å². The van der Waals surface area contributed by atoms with Gasteiger partial charge in [-0.1, -0.05) is 36.4 Å². The first kappa shape index (κ1) is 25.7. The van der Waals surface area contributed by atoms with Gasteiger partial charge in [-0.15, -0.1) is 0 Å². The zero-order valence-electron chi connectivity index (χ0n) is 21.6. The number of benzene rings is 3. The second-order valence-electron chi connectivity index (χ2n) is 10.2. The molecular formula is C30H27N5O4. The number of hydrogen-bond donors (Lipinski definition) is 3. The number of hydrogen-bond acceptors (Lipinski definition) is 5. The fraction of sp³-hybridized carbons (Fsp3) is 0.233. The molecule has 3 aromatic carbocycles. The van der Waals surface area contributed by atoms with Gasteiger partial charge in [-0.2, -0.15) is 5.26 Å². The van der Waals surface area contributed by atoms with Gasteiger partial charge >= 0.3 is 6.03 Å². The summed E-state index contributed by atoms with van der Waals surface area (Å²) in [6, 6.07) is 21.3. The van der Waals surface area contributed by atoms with Crippen molar-refractivity contribution in [3.8, 4) is 17.2 Å². The molecule has 39 heavy (non-hydrogen) atoms. The number of fused-ring (bicyclic) bond motifs is 1. The minimum atomic E-state index is -0.689. The Morgan fingerprint density at radius 1 is 1.00 bits per heavy atom. The van der Waals surface area contributed by atoms with Crippen molar-refractivity contribution in [3.05, 3.63) is 89.0 Å². The van der Waals surface area contributed by atoms with Crippen LogP contribution in [-0.2, 0) is 21.7 Å². The zero-order valence-corrected chi connectivity index (χ0v) is 21.6. The second-order valence-corrected chi connectivity index (χ2v) is 10.2. The number of nitrogens with one attached hydrogen (secondary N) is 3. The molecule has 0 radical (unpaired) electrons. The Balaban J connectivity index is 1.23. The predicted octanol–water partition coefficient (Wildman–Crippen LogP) is 4.04. The molecule has 1 unspecified atom stereocenters. The van der Waals surface area contributed by atoms with E-state index in [0.717, 1.165) is 16.7 Å². The first-order valence-electron chi connectivity index (χ1n) is 12.6. The summed E-state index contributed by atoms with van der Waals surface area (Å²) in [6.45, 7) is 4.04. The van der Waals surface area contributed by atoms with Gasteiger partial charge in [0.1, 0.15) is 6.04 Å².